The fourth-order valence-electron chi connectivity index (χ4n) is 4.11. The zero-order valence-corrected chi connectivity index (χ0v) is 22.6. The van der Waals surface area contributed by atoms with Crippen molar-refractivity contribution < 1.29 is 33.3 Å². The first-order valence-corrected chi connectivity index (χ1v) is 13.1. The number of fused-ring (bicyclic) bond motifs is 1. The van der Waals surface area contributed by atoms with E-state index >= 15 is 0 Å². The quantitative estimate of drug-likeness (QED) is 0.326. The summed E-state index contributed by atoms with van der Waals surface area (Å²) in [5.74, 6) is 1.98. The number of methoxy groups -OCH3 is 3. The van der Waals surface area contributed by atoms with Crippen molar-refractivity contribution in [1.82, 2.24) is 9.80 Å². The van der Waals surface area contributed by atoms with E-state index in [1.165, 1.54) is 4.90 Å². The van der Waals surface area contributed by atoms with E-state index in [9.17, 15) is 9.59 Å². The highest BCUT2D eigenvalue weighted by Gasteiger charge is 2.25. The van der Waals surface area contributed by atoms with Crippen molar-refractivity contribution in [3.63, 3.8) is 0 Å². The highest BCUT2D eigenvalue weighted by molar-refractivity contribution is 7.09. The first-order valence-electron chi connectivity index (χ1n) is 12.2. The van der Waals surface area contributed by atoms with Crippen LogP contribution in [0.3, 0.4) is 0 Å². The van der Waals surface area contributed by atoms with Crippen LogP contribution in [0.15, 0.2) is 53.9 Å². The van der Waals surface area contributed by atoms with Crippen LogP contribution in [-0.4, -0.2) is 76.0 Å². The summed E-state index contributed by atoms with van der Waals surface area (Å²) in [7, 11) is 4.76. The van der Waals surface area contributed by atoms with Gasteiger partial charge in [-0.15, -0.1) is 11.3 Å². The standard InChI is InChI=1S/C28H32N2O7S/c1-33-13-12-30(28(32)21-7-9-24-26(16-21)37-19-36-24)18-27(31)29(17-22-5-4-14-38-22)11-10-20-6-8-23(34-2)25(15-20)35-3/h4-9,14-16H,10-13,17-19H2,1-3H3. The first kappa shape index (κ1) is 27.3. The second-order valence-corrected chi connectivity index (χ2v) is 9.65. The number of carbonyl (C=O) groups is 2. The van der Waals surface area contributed by atoms with E-state index in [0.29, 0.717) is 54.7 Å². The third kappa shape index (κ3) is 6.76. The van der Waals surface area contributed by atoms with Crippen LogP contribution in [0.25, 0.3) is 0 Å². The number of nitrogens with zero attached hydrogens (tertiary/aromatic N) is 2. The molecule has 1 aromatic heterocycles. The summed E-state index contributed by atoms with van der Waals surface area (Å²) in [6.45, 7) is 1.56. The Morgan fingerprint density at radius 3 is 2.47 bits per heavy atom. The van der Waals surface area contributed by atoms with E-state index in [4.69, 9.17) is 23.7 Å². The molecule has 0 N–H and O–H groups in total. The van der Waals surface area contributed by atoms with Crippen molar-refractivity contribution in [2.45, 2.75) is 13.0 Å². The molecule has 1 aliphatic heterocycles. The third-order valence-electron chi connectivity index (χ3n) is 6.20. The maximum absolute atomic E-state index is 13.6. The third-order valence-corrected chi connectivity index (χ3v) is 7.06. The normalized spacial score (nSPS) is 11.8. The largest absolute Gasteiger partial charge is 0.493 e. The van der Waals surface area contributed by atoms with E-state index in [1.54, 1.807) is 55.8 Å². The maximum atomic E-state index is 13.6. The minimum Gasteiger partial charge on any atom is -0.493 e. The zero-order valence-electron chi connectivity index (χ0n) is 21.8. The van der Waals surface area contributed by atoms with Gasteiger partial charge in [-0.25, -0.2) is 0 Å². The molecule has 1 aliphatic rings. The van der Waals surface area contributed by atoms with Crippen LogP contribution in [0.4, 0.5) is 0 Å². The Balaban J connectivity index is 1.50. The van der Waals surface area contributed by atoms with Crippen molar-refractivity contribution in [3.8, 4) is 23.0 Å². The summed E-state index contributed by atoms with van der Waals surface area (Å²) in [6, 6.07) is 14.7. The van der Waals surface area contributed by atoms with E-state index in [1.807, 2.05) is 35.7 Å². The number of thiophene rings is 1. The van der Waals surface area contributed by atoms with Crippen molar-refractivity contribution in [2.24, 2.45) is 0 Å². The van der Waals surface area contributed by atoms with E-state index in [0.717, 1.165) is 10.4 Å². The van der Waals surface area contributed by atoms with Crippen molar-refractivity contribution in [1.29, 1.82) is 0 Å². The smallest absolute Gasteiger partial charge is 0.254 e. The average molecular weight is 541 g/mol. The number of benzene rings is 2. The lowest BCUT2D eigenvalue weighted by atomic mass is 10.1. The van der Waals surface area contributed by atoms with Crippen LogP contribution >= 0.6 is 11.3 Å². The highest BCUT2D eigenvalue weighted by Crippen LogP contribution is 2.33. The summed E-state index contributed by atoms with van der Waals surface area (Å²) in [5.41, 5.74) is 1.44. The lowest BCUT2D eigenvalue weighted by molar-refractivity contribution is -0.132. The molecule has 0 unspecified atom stereocenters. The van der Waals surface area contributed by atoms with E-state index < -0.39 is 0 Å². The monoisotopic (exact) mass is 540 g/mol. The Bertz CT molecular complexity index is 1230. The minimum atomic E-state index is -0.273. The molecule has 202 valence electrons. The molecular weight excluding hydrogens is 508 g/mol. The number of carbonyl (C=O) groups excluding carboxylic acids is 2. The molecule has 0 aliphatic carbocycles. The van der Waals surface area contributed by atoms with Gasteiger partial charge in [0.15, 0.2) is 23.0 Å². The minimum absolute atomic E-state index is 0.0755. The van der Waals surface area contributed by atoms with Gasteiger partial charge in [0.25, 0.3) is 5.91 Å². The molecule has 9 nitrogen and oxygen atoms in total. The molecular formula is C28H32N2O7S. The Labute approximate surface area is 226 Å². The molecule has 3 aromatic rings. The van der Waals surface area contributed by atoms with Gasteiger partial charge in [-0.3, -0.25) is 9.59 Å². The van der Waals surface area contributed by atoms with Crippen LogP contribution in [0.2, 0.25) is 0 Å². The Hall–Kier alpha value is -3.76. The lowest BCUT2D eigenvalue weighted by Gasteiger charge is -2.28. The Morgan fingerprint density at radius 1 is 0.921 bits per heavy atom. The van der Waals surface area contributed by atoms with Crippen LogP contribution < -0.4 is 18.9 Å². The molecule has 38 heavy (non-hydrogen) atoms. The summed E-state index contributed by atoms with van der Waals surface area (Å²) < 4.78 is 26.8. The number of amides is 2. The lowest BCUT2D eigenvalue weighted by Crippen LogP contribution is -2.44. The first-order chi connectivity index (χ1) is 18.5. The van der Waals surface area contributed by atoms with Crippen LogP contribution in [0.1, 0.15) is 20.8 Å². The highest BCUT2D eigenvalue weighted by atomic mass is 32.1. The summed E-state index contributed by atoms with van der Waals surface area (Å²) in [4.78, 5) is 31.4. The Morgan fingerprint density at radius 2 is 1.74 bits per heavy atom. The van der Waals surface area contributed by atoms with Crippen molar-refractivity contribution in [3.05, 3.63) is 69.9 Å². The van der Waals surface area contributed by atoms with Gasteiger partial charge in [-0.05, 0) is 53.8 Å². The second-order valence-electron chi connectivity index (χ2n) is 8.62. The molecule has 2 amide bonds. The van der Waals surface area contributed by atoms with E-state index in [-0.39, 0.29) is 31.7 Å². The van der Waals surface area contributed by atoms with Gasteiger partial charge in [-0.2, -0.15) is 0 Å². The number of rotatable bonds is 13. The summed E-state index contributed by atoms with van der Waals surface area (Å²) in [5, 5.41) is 1.99. The van der Waals surface area contributed by atoms with Gasteiger partial charge >= 0.3 is 0 Å². The molecule has 2 aromatic carbocycles. The molecule has 0 saturated carbocycles. The van der Waals surface area contributed by atoms with Gasteiger partial charge in [0, 0.05) is 30.6 Å². The molecule has 10 heteroatoms. The molecule has 2 heterocycles. The molecule has 4 rings (SSSR count). The number of hydrogen-bond donors (Lipinski definition) is 0. The van der Waals surface area contributed by atoms with Gasteiger partial charge in [0.2, 0.25) is 12.7 Å². The molecule has 0 atom stereocenters. The van der Waals surface area contributed by atoms with Crippen LogP contribution in [0.5, 0.6) is 23.0 Å². The zero-order chi connectivity index (χ0) is 26.9. The van der Waals surface area contributed by atoms with Gasteiger partial charge in [-0.1, -0.05) is 12.1 Å². The predicted octanol–water partition coefficient (Wildman–Crippen LogP) is 3.85. The average Bonchev–Trinajstić information content (AvgIpc) is 3.64. The van der Waals surface area contributed by atoms with Crippen LogP contribution in [-0.2, 0) is 22.5 Å². The topological polar surface area (TPSA) is 86.8 Å². The molecule has 0 bridgehead atoms. The Kier molecular flexibility index (Phi) is 9.45. The van der Waals surface area contributed by atoms with E-state index in [2.05, 4.69) is 0 Å². The fourth-order valence-corrected chi connectivity index (χ4v) is 4.83. The maximum Gasteiger partial charge on any atom is 0.254 e. The molecule has 0 radical (unpaired) electrons. The second kappa shape index (κ2) is 13.2. The summed E-state index contributed by atoms with van der Waals surface area (Å²) >= 11 is 1.59. The SMILES string of the molecule is COCCN(CC(=O)N(CCc1ccc(OC)c(OC)c1)Cc1cccs1)C(=O)c1ccc2c(c1)OCO2. The van der Waals surface area contributed by atoms with Gasteiger partial charge in [0.05, 0.1) is 27.4 Å². The van der Waals surface area contributed by atoms with Crippen LogP contribution in [0, 0.1) is 0 Å². The summed E-state index contributed by atoms with van der Waals surface area (Å²) in [6.07, 6.45) is 0.617. The fraction of sp³-hybridized carbons (Fsp3) is 0.357. The van der Waals surface area contributed by atoms with Crippen molar-refractivity contribution >= 4 is 23.2 Å². The van der Waals surface area contributed by atoms with Gasteiger partial charge in [0.1, 0.15) is 6.54 Å². The molecule has 0 saturated heterocycles. The molecule has 0 fully saturated rings. The predicted molar refractivity (Wildman–Crippen MR) is 143 cm³/mol. The number of hydrogen-bond acceptors (Lipinski definition) is 8. The van der Waals surface area contributed by atoms with Gasteiger partial charge < -0.3 is 33.5 Å². The van der Waals surface area contributed by atoms with Crippen molar-refractivity contribution in [2.75, 3.05) is 54.4 Å². The number of ether oxygens (including phenoxy) is 5. The molecule has 0 spiro atoms.